The molecule has 1 atom stereocenters. The third-order valence-electron chi connectivity index (χ3n) is 5.64. The number of nitrogens with zero attached hydrogens (tertiary/aromatic N) is 2. The van der Waals surface area contributed by atoms with Crippen LogP contribution in [-0.4, -0.2) is 34.4 Å². The highest BCUT2D eigenvalue weighted by Gasteiger charge is 2.19. The molecular formula is C30H31N3O3. The molecule has 0 radical (unpaired) electrons. The summed E-state index contributed by atoms with van der Waals surface area (Å²) in [6, 6.07) is 17.7. The SMILES string of the molecule is COc1ccc(C[C@@H](C#Cc2cc(-c3ccc4cnccc4c3)cn2C)NC(=O)OC(C)(C)C)cc1. The van der Waals surface area contributed by atoms with Crippen LogP contribution in [0.25, 0.3) is 21.9 Å². The highest BCUT2D eigenvalue weighted by Crippen LogP contribution is 2.25. The normalized spacial score (nSPS) is 11.9. The summed E-state index contributed by atoms with van der Waals surface area (Å²) in [5.41, 5.74) is 3.48. The number of fused-ring (bicyclic) bond motifs is 1. The molecule has 4 aromatic rings. The molecule has 1 amide bonds. The van der Waals surface area contributed by atoms with Crippen LogP contribution in [0.2, 0.25) is 0 Å². The molecule has 4 rings (SSSR count). The molecule has 0 aliphatic carbocycles. The lowest BCUT2D eigenvalue weighted by molar-refractivity contribution is 0.0516. The first-order valence-corrected chi connectivity index (χ1v) is 11.8. The smallest absolute Gasteiger partial charge is 0.408 e. The fourth-order valence-electron chi connectivity index (χ4n) is 3.86. The first kappa shape index (κ1) is 24.9. The molecule has 0 aliphatic rings. The Morgan fingerprint density at radius 2 is 1.83 bits per heavy atom. The molecule has 0 unspecified atom stereocenters. The van der Waals surface area contributed by atoms with Crippen molar-refractivity contribution < 1.29 is 14.3 Å². The third kappa shape index (κ3) is 6.45. The topological polar surface area (TPSA) is 65.4 Å². The molecule has 0 saturated carbocycles. The van der Waals surface area contributed by atoms with Gasteiger partial charge in [-0.25, -0.2) is 4.79 Å². The molecule has 1 N–H and O–H groups in total. The number of ether oxygens (including phenoxy) is 2. The van der Waals surface area contributed by atoms with E-state index in [4.69, 9.17) is 9.47 Å². The Kier molecular flexibility index (Phi) is 7.30. The molecule has 0 saturated heterocycles. The number of benzene rings is 2. The van der Waals surface area contributed by atoms with Gasteiger partial charge in [0.05, 0.1) is 18.8 Å². The Hall–Kier alpha value is -4.24. The van der Waals surface area contributed by atoms with E-state index in [1.54, 1.807) is 13.3 Å². The van der Waals surface area contributed by atoms with E-state index in [0.29, 0.717) is 6.42 Å². The number of hydrogen-bond donors (Lipinski definition) is 1. The lowest BCUT2D eigenvalue weighted by atomic mass is 10.0. The van der Waals surface area contributed by atoms with Gasteiger partial charge in [0.2, 0.25) is 0 Å². The van der Waals surface area contributed by atoms with Crippen LogP contribution < -0.4 is 10.1 Å². The van der Waals surface area contributed by atoms with E-state index >= 15 is 0 Å². The van der Waals surface area contributed by atoms with Crippen LogP contribution in [-0.2, 0) is 18.2 Å². The molecule has 36 heavy (non-hydrogen) atoms. The van der Waals surface area contributed by atoms with Gasteiger partial charge in [-0.15, -0.1) is 0 Å². The Bertz CT molecular complexity index is 1420. The molecule has 0 aliphatic heterocycles. The van der Waals surface area contributed by atoms with Crippen molar-refractivity contribution in [2.24, 2.45) is 7.05 Å². The van der Waals surface area contributed by atoms with Crippen molar-refractivity contribution in [2.45, 2.75) is 38.8 Å². The van der Waals surface area contributed by atoms with Gasteiger partial charge in [-0.05, 0) is 73.5 Å². The molecular weight excluding hydrogens is 450 g/mol. The molecule has 0 spiro atoms. The van der Waals surface area contributed by atoms with Crippen molar-refractivity contribution in [1.29, 1.82) is 0 Å². The van der Waals surface area contributed by atoms with Crippen LogP contribution in [0.1, 0.15) is 32.0 Å². The number of nitrogens with one attached hydrogen (secondary N) is 1. The van der Waals surface area contributed by atoms with Gasteiger partial charge in [0.1, 0.15) is 11.4 Å². The van der Waals surface area contributed by atoms with Crippen molar-refractivity contribution in [3.8, 4) is 28.7 Å². The second kappa shape index (κ2) is 10.6. The zero-order valence-corrected chi connectivity index (χ0v) is 21.3. The summed E-state index contributed by atoms with van der Waals surface area (Å²) in [7, 11) is 3.61. The number of rotatable bonds is 5. The van der Waals surface area contributed by atoms with E-state index in [1.807, 2.05) is 68.9 Å². The summed E-state index contributed by atoms with van der Waals surface area (Å²) in [6.45, 7) is 5.52. The van der Waals surface area contributed by atoms with E-state index in [9.17, 15) is 4.79 Å². The number of carbonyl (C=O) groups is 1. The van der Waals surface area contributed by atoms with Crippen molar-refractivity contribution in [3.05, 3.63) is 84.4 Å². The second-order valence-electron chi connectivity index (χ2n) is 9.68. The van der Waals surface area contributed by atoms with Gasteiger partial charge in [-0.2, -0.15) is 0 Å². The van der Waals surface area contributed by atoms with Crippen LogP contribution in [0.4, 0.5) is 4.79 Å². The Morgan fingerprint density at radius 1 is 1.06 bits per heavy atom. The monoisotopic (exact) mass is 481 g/mol. The van der Waals surface area contributed by atoms with Crippen LogP contribution in [0, 0.1) is 11.8 Å². The molecule has 6 nitrogen and oxygen atoms in total. The molecule has 2 aromatic carbocycles. The van der Waals surface area contributed by atoms with Crippen molar-refractivity contribution in [3.63, 3.8) is 0 Å². The average molecular weight is 482 g/mol. The van der Waals surface area contributed by atoms with E-state index in [1.165, 1.54) is 0 Å². The fourth-order valence-corrected chi connectivity index (χ4v) is 3.86. The van der Waals surface area contributed by atoms with Crippen LogP contribution in [0.15, 0.2) is 73.2 Å². The highest BCUT2D eigenvalue weighted by molar-refractivity contribution is 5.86. The maximum Gasteiger partial charge on any atom is 0.408 e. The quantitative estimate of drug-likeness (QED) is 0.370. The zero-order chi connectivity index (χ0) is 25.7. The molecule has 184 valence electrons. The summed E-state index contributed by atoms with van der Waals surface area (Å²) in [5, 5.41) is 5.16. The van der Waals surface area contributed by atoms with Gasteiger partial charge in [0, 0.05) is 43.0 Å². The van der Waals surface area contributed by atoms with E-state index < -0.39 is 17.7 Å². The minimum absolute atomic E-state index is 0.431. The molecule has 2 aromatic heterocycles. The summed E-state index contributed by atoms with van der Waals surface area (Å²) in [6.07, 6.45) is 5.77. The van der Waals surface area contributed by atoms with Crippen LogP contribution in [0.5, 0.6) is 5.75 Å². The Morgan fingerprint density at radius 3 is 2.56 bits per heavy atom. The second-order valence-corrected chi connectivity index (χ2v) is 9.68. The number of amides is 1. The predicted octanol–water partition coefficient (Wildman–Crippen LogP) is 5.74. The van der Waals surface area contributed by atoms with Gasteiger partial charge >= 0.3 is 6.09 Å². The molecule has 2 heterocycles. The molecule has 0 bridgehead atoms. The number of methoxy groups -OCH3 is 1. The summed E-state index contributed by atoms with van der Waals surface area (Å²) in [5.74, 6) is 7.28. The molecule has 0 fully saturated rings. The van der Waals surface area contributed by atoms with Gasteiger partial charge < -0.3 is 19.4 Å². The summed E-state index contributed by atoms with van der Waals surface area (Å²) < 4.78 is 12.7. The van der Waals surface area contributed by atoms with Gasteiger partial charge in [-0.3, -0.25) is 4.98 Å². The van der Waals surface area contributed by atoms with Crippen molar-refractivity contribution in [1.82, 2.24) is 14.9 Å². The molecule has 6 heteroatoms. The fraction of sp³-hybridized carbons (Fsp3) is 0.267. The van der Waals surface area contributed by atoms with E-state index in [-0.39, 0.29) is 0 Å². The van der Waals surface area contributed by atoms with E-state index in [2.05, 4.69) is 52.6 Å². The number of alkyl carbamates (subject to hydrolysis) is 1. The lowest BCUT2D eigenvalue weighted by Crippen LogP contribution is -2.39. The largest absolute Gasteiger partial charge is 0.497 e. The standard InChI is InChI=1S/C30H31N3O3/c1-30(2,3)36-29(34)32-26(16-21-6-12-28(35-5)13-7-21)10-11-27-18-25(20-33(27)4)22-8-9-24-19-31-15-14-23(24)17-22/h6-9,12-15,17-20,26H,16H2,1-5H3,(H,32,34)/t26-/m1/s1. The van der Waals surface area contributed by atoms with Crippen LogP contribution in [0.3, 0.4) is 0 Å². The Balaban J connectivity index is 1.58. The first-order valence-electron chi connectivity index (χ1n) is 11.8. The van der Waals surface area contributed by atoms with Gasteiger partial charge in [-0.1, -0.05) is 30.2 Å². The third-order valence-corrected chi connectivity index (χ3v) is 5.64. The van der Waals surface area contributed by atoms with Gasteiger partial charge in [0.15, 0.2) is 0 Å². The van der Waals surface area contributed by atoms with Crippen molar-refractivity contribution >= 4 is 16.9 Å². The minimum Gasteiger partial charge on any atom is -0.497 e. The zero-order valence-electron chi connectivity index (χ0n) is 21.3. The number of carbonyl (C=O) groups excluding carboxylic acids is 1. The maximum atomic E-state index is 12.5. The first-order chi connectivity index (χ1) is 17.2. The minimum atomic E-state index is -0.592. The average Bonchev–Trinajstić information content (AvgIpc) is 3.22. The lowest BCUT2D eigenvalue weighted by Gasteiger charge is -2.21. The number of pyridine rings is 1. The summed E-state index contributed by atoms with van der Waals surface area (Å²) >= 11 is 0. The van der Waals surface area contributed by atoms with Gasteiger partial charge in [0.25, 0.3) is 0 Å². The number of aromatic nitrogens is 2. The maximum absolute atomic E-state index is 12.5. The summed E-state index contributed by atoms with van der Waals surface area (Å²) in [4.78, 5) is 16.7. The van der Waals surface area contributed by atoms with Crippen molar-refractivity contribution in [2.75, 3.05) is 7.11 Å². The number of aryl methyl sites for hydroxylation is 1. The predicted molar refractivity (Wildman–Crippen MR) is 143 cm³/mol. The van der Waals surface area contributed by atoms with E-state index in [0.717, 1.165) is 38.9 Å². The number of hydrogen-bond acceptors (Lipinski definition) is 4. The Labute approximate surface area is 212 Å². The highest BCUT2D eigenvalue weighted by atomic mass is 16.6. The van der Waals surface area contributed by atoms with Crippen LogP contribution >= 0.6 is 0 Å².